The third-order valence-electron chi connectivity index (χ3n) is 3.03. The van der Waals surface area contributed by atoms with Gasteiger partial charge in [-0.05, 0) is 12.1 Å². The number of aromatic carboxylic acids is 1. The van der Waals surface area contributed by atoms with Crippen molar-refractivity contribution < 1.29 is 19.1 Å². The highest BCUT2D eigenvalue weighted by molar-refractivity contribution is 5.97. The van der Waals surface area contributed by atoms with Gasteiger partial charge in [0.1, 0.15) is 11.4 Å². The van der Waals surface area contributed by atoms with E-state index in [0.717, 1.165) is 0 Å². The van der Waals surface area contributed by atoms with E-state index in [-0.39, 0.29) is 22.0 Å². The maximum atomic E-state index is 14.1. The van der Waals surface area contributed by atoms with Gasteiger partial charge in [0.25, 0.3) is 5.88 Å². The zero-order chi connectivity index (χ0) is 15.5. The lowest BCUT2D eigenvalue weighted by molar-refractivity contribution is 0.0694. The molecule has 0 amide bonds. The number of carbonyl (C=O) groups is 1. The van der Waals surface area contributed by atoms with E-state index in [1.54, 1.807) is 60.7 Å². The second-order valence-corrected chi connectivity index (χ2v) is 4.48. The summed E-state index contributed by atoms with van der Waals surface area (Å²) in [6, 6.07) is 16.8. The summed E-state index contributed by atoms with van der Waals surface area (Å²) in [5.74, 6) is -1.23. The molecule has 1 heterocycles. The molecular weight excluding hydrogens is 287 g/mol. The van der Waals surface area contributed by atoms with E-state index in [1.165, 1.54) is 0 Å². The lowest BCUT2D eigenvalue weighted by Crippen LogP contribution is -2.00. The van der Waals surface area contributed by atoms with Crippen LogP contribution in [0.1, 0.15) is 10.4 Å². The Morgan fingerprint density at radius 2 is 1.64 bits per heavy atom. The Balaban J connectivity index is 2.11. The first-order valence-corrected chi connectivity index (χ1v) is 6.47. The van der Waals surface area contributed by atoms with Crippen molar-refractivity contribution in [3.05, 3.63) is 66.2 Å². The van der Waals surface area contributed by atoms with Gasteiger partial charge in [-0.1, -0.05) is 57.9 Å². The Labute approximate surface area is 125 Å². The molecule has 0 bridgehead atoms. The molecule has 1 aromatic heterocycles. The summed E-state index contributed by atoms with van der Waals surface area (Å²) < 4.78 is 19.5. The molecule has 110 valence electrons. The molecule has 2 aromatic carbocycles. The summed E-state index contributed by atoms with van der Waals surface area (Å²) >= 11 is 0. The van der Waals surface area contributed by atoms with Crippen molar-refractivity contribution >= 4 is 5.97 Å². The molecule has 0 saturated heterocycles. The van der Waals surface area contributed by atoms with Gasteiger partial charge < -0.3 is 9.84 Å². The molecule has 0 aliphatic heterocycles. The topological polar surface area (TPSA) is 64.3 Å². The molecule has 1 N–H and O–H groups in total. The van der Waals surface area contributed by atoms with E-state index >= 15 is 0 Å². The number of aromatic nitrogens is 2. The summed E-state index contributed by atoms with van der Waals surface area (Å²) in [7, 11) is 0. The third kappa shape index (κ3) is 2.54. The second kappa shape index (κ2) is 5.69. The van der Waals surface area contributed by atoms with Crippen molar-refractivity contribution in [1.82, 2.24) is 10.0 Å². The molecule has 6 heteroatoms. The lowest BCUT2D eigenvalue weighted by Gasteiger charge is -2.03. The van der Waals surface area contributed by atoms with Crippen LogP contribution in [0, 0.1) is 0 Å². The van der Waals surface area contributed by atoms with Crippen molar-refractivity contribution in [1.29, 1.82) is 0 Å². The van der Waals surface area contributed by atoms with E-state index in [9.17, 15) is 14.4 Å². The minimum Gasteiger partial charge on any atom is -0.477 e. The molecule has 3 aromatic rings. The molecule has 0 spiro atoms. The Hall–Kier alpha value is -3.15. The van der Waals surface area contributed by atoms with Gasteiger partial charge in [-0.25, -0.2) is 4.79 Å². The van der Waals surface area contributed by atoms with Crippen LogP contribution in [0.4, 0.5) is 4.48 Å². The van der Waals surface area contributed by atoms with Gasteiger partial charge in [-0.15, -0.1) is 5.10 Å². The zero-order valence-electron chi connectivity index (χ0n) is 11.3. The predicted molar refractivity (Wildman–Crippen MR) is 77.6 cm³/mol. The van der Waals surface area contributed by atoms with Gasteiger partial charge in [0, 0.05) is 5.56 Å². The first-order valence-electron chi connectivity index (χ1n) is 6.47. The van der Waals surface area contributed by atoms with Crippen molar-refractivity contribution in [2.45, 2.75) is 0 Å². The molecular formula is C16H11FN2O3. The third-order valence-corrected chi connectivity index (χ3v) is 3.03. The van der Waals surface area contributed by atoms with Crippen molar-refractivity contribution in [2.75, 3.05) is 0 Å². The summed E-state index contributed by atoms with van der Waals surface area (Å²) in [4.78, 5) is 11.5. The maximum absolute atomic E-state index is 14.1. The van der Waals surface area contributed by atoms with Gasteiger partial charge in [0.15, 0.2) is 5.56 Å². The Bertz CT molecular complexity index is 801. The SMILES string of the molecule is O=C(O)c1c(Oc2ccccc2)nn(F)c1-c1ccccc1. The van der Waals surface area contributed by atoms with Crippen LogP contribution in [0.25, 0.3) is 11.3 Å². The summed E-state index contributed by atoms with van der Waals surface area (Å²) in [5.41, 5.74) is -0.0746. The first kappa shape index (κ1) is 13.8. The molecule has 22 heavy (non-hydrogen) atoms. The highest BCUT2D eigenvalue weighted by Gasteiger charge is 2.26. The monoisotopic (exact) mass is 298 g/mol. The molecule has 0 fully saturated rings. The summed E-state index contributed by atoms with van der Waals surface area (Å²) in [5, 5.41) is 12.9. The lowest BCUT2D eigenvalue weighted by atomic mass is 10.1. The van der Waals surface area contributed by atoms with Gasteiger partial charge in [0.05, 0.1) is 0 Å². The van der Waals surface area contributed by atoms with E-state index < -0.39 is 5.97 Å². The van der Waals surface area contributed by atoms with Gasteiger partial charge in [0.2, 0.25) is 0 Å². The second-order valence-electron chi connectivity index (χ2n) is 4.48. The number of benzene rings is 2. The zero-order valence-corrected chi connectivity index (χ0v) is 11.3. The first-order chi connectivity index (χ1) is 10.7. The van der Waals surface area contributed by atoms with E-state index in [4.69, 9.17) is 4.74 Å². The number of para-hydroxylation sites is 1. The van der Waals surface area contributed by atoms with Crippen molar-refractivity contribution in [3.63, 3.8) is 0 Å². The number of hydrogen-bond acceptors (Lipinski definition) is 3. The minimum absolute atomic E-state index is 0.0249. The molecule has 0 aliphatic rings. The van der Waals surface area contributed by atoms with Crippen molar-refractivity contribution in [3.8, 4) is 22.9 Å². The molecule has 0 radical (unpaired) electrons. The number of nitrogens with zero attached hydrogens (tertiary/aromatic N) is 2. The Morgan fingerprint density at radius 1 is 1.05 bits per heavy atom. The number of carboxylic acid groups (broad SMARTS) is 1. The smallest absolute Gasteiger partial charge is 0.343 e. The number of halogens is 1. The van der Waals surface area contributed by atoms with Crippen molar-refractivity contribution in [2.24, 2.45) is 0 Å². The number of carboxylic acids is 1. The summed E-state index contributed by atoms with van der Waals surface area (Å²) in [6.45, 7) is 0. The molecule has 5 nitrogen and oxygen atoms in total. The largest absolute Gasteiger partial charge is 0.477 e. The van der Waals surface area contributed by atoms with E-state index in [1.807, 2.05) is 0 Å². The molecule has 3 rings (SSSR count). The van der Waals surface area contributed by atoms with Crippen LogP contribution < -0.4 is 4.74 Å². The van der Waals surface area contributed by atoms with Crippen LogP contribution in [-0.4, -0.2) is 21.1 Å². The van der Waals surface area contributed by atoms with E-state index in [0.29, 0.717) is 11.3 Å². The standard InChI is InChI=1S/C16H11FN2O3/c17-19-14(11-7-3-1-4-8-11)13(16(20)21)15(18-19)22-12-9-5-2-6-10-12/h1-10H,(H,20,21). The van der Waals surface area contributed by atoms with Crippen LogP contribution >= 0.6 is 0 Å². The average Bonchev–Trinajstić information content (AvgIpc) is 2.85. The predicted octanol–water partition coefficient (Wildman–Crippen LogP) is 3.77. The van der Waals surface area contributed by atoms with Crippen LogP contribution in [0.15, 0.2) is 60.7 Å². The minimum atomic E-state index is -1.31. The fraction of sp³-hybridized carbons (Fsp3) is 0. The van der Waals surface area contributed by atoms with E-state index in [2.05, 4.69) is 5.10 Å². The Kier molecular flexibility index (Phi) is 3.57. The molecule has 0 unspecified atom stereocenters. The van der Waals surface area contributed by atoms with Crippen LogP contribution in [0.3, 0.4) is 0 Å². The molecule has 0 saturated carbocycles. The molecule has 0 aliphatic carbocycles. The fourth-order valence-corrected chi connectivity index (χ4v) is 2.08. The highest BCUT2D eigenvalue weighted by atomic mass is 19.2. The number of hydrogen-bond donors (Lipinski definition) is 1. The molecule has 0 atom stereocenters. The van der Waals surface area contributed by atoms with Crippen LogP contribution in [0.2, 0.25) is 0 Å². The quantitative estimate of drug-likeness (QED) is 0.796. The highest BCUT2D eigenvalue weighted by Crippen LogP contribution is 2.33. The van der Waals surface area contributed by atoms with Gasteiger partial charge in [-0.3, -0.25) is 0 Å². The number of ether oxygens (including phenoxy) is 1. The van der Waals surface area contributed by atoms with Crippen LogP contribution in [0.5, 0.6) is 11.6 Å². The number of rotatable bonds is 4. The summed E-state index contributed by atoms with van der Waals surface area (Å²) in [6.07, 6.45) is 0. The fourth-order valence-electron chi connectivity index (χ4n) is 2.08. The normalized spacial score (nSPS) is 10.4. The van der Waals surface area contributed by atoms with Crippen LogP contribution in [-0.2, 0) is 0 Å². The maximum Gasteiger partial charge on any atom is 0.343 e. The average molecular weight is 298 g/mol. The Morgan fingerprint density at radius 3 is 2.23 bits per heavy atom. The van der Waals surface area contributed by atoms with Gasteiger partial charge >= 0.3 is 5.97 Å². The van der Waals surface area contributed by atoms with Gasteiger partial charge in [-0.2, -0.15) is 0 Å².